The smallest absolute Gasteiger partial charge is 0.257 e. The molecule has 0 spiro atoms. The zero-order valence-corrected chi connectivity index (χ0v) is 13.1. The van der Waals surface area contributed by atoms with Crippen molar-refractivity contribution in [3.8, 4) is 0 Å². The van der Waals surface area contributed by atoms with Gasteiger partial charge < -0.3 is 9.88 Å². The number of carbonyl (C=O) groups excluding carboxylic acids is 1. The molecule has 1 aliphatic carbocycles. The lowest BCUT2D eigenvalue weighted by Gasteiger charge is -2.32. The van der Waals surface area contributed by atoms with Crippen LogP contribution in [0.15, 0.2) is 24.9 Å². The van der Waals surface area contributed by atoms with Gasteiger partial charge in [-0.1, -0.05) is 0 Å². The van der Waals surface area contributed by atoms with Crippen molar-refractivity contribution < 1.29 is 4.79 Å². The van der Waals surface area contributed by atoms with E-state index in [1.807, 2.05) is 11.1 Å². The van der Waals surface area contributed by atoms with Crippen LogP contribution in [0.1, 0.15) is 53.5 Å². The lowest BCUT2D eigenvalue weighted by Crippen LogP contribution is -2.39. The van der Waals surface area contributed by atoms with E-state index in [1.165, 1.54) is 0 Å². The summed E-state index contributed by atoms with van der Waals surface area (Å²) in [6, 6.07) is 0. The second-order valence-corrected chi connectivity index (χ2v) is 6.57. The summed E-state index contributed by atoms with van der Waals surface area (Å²) in [5, 5.41) is 0. The summed E-state index contributed by atoms with van der Waals surface area (Å²) < 4.78 is 0. The Morgan fingerprint density at radius 2 is 2.04 bits per heavy atom. The van der Waals surface area contributed by atoms with Crippen molar-refractivity contribution in [1.82, 2.24) is 24.8 Å². The highest BCUT2D eigenvalue weighted by Gasteiger charge is 2.32. The molecule has 2 aromatic heterocycles. The number of piperidine rings is 1. The van der Waals surface area contributed by atoms with Gasteiger partial charge >= 0.3 is 0 Å². The van der Waals surface area contributed by atoms with Crippen molar-refractivity contribution in [3.63, 3.8) is 0 Å². The zero-order chi connectivity index (χ0) is 15.6. The zero-order valence-electron chi connectivity index (χ0n) is 13.1. The molecule has 6 nitrogen and oxygen atoms in total. The lowest BCUT2D eigenvalue weighted by molar-refractivity contribution is 0.0687. The van der Waals surface area contributed by atoms with Crippen molar-refractivity contribution >= 4 is 5.91 Å². The van der Waals surface area contributed by atoms with Gasteiger partial charge in [0.05, 0.1) is 11.3 Å². The van der Waals surface area contributed by atoms with Gasteiger partial charge in [0.1, 0.15) is 12.2 Å². The van der Waals surface area contributed by atoms with E-state index in [0.29, 0.717) is 17.4 Å². The van der Waals surface area contributed by atoms with E-state index in [0.717, 1.165) is 56.7 Å². The summed E-state index contributed by atoms with van der Waals surface area (Å²) in [6.07, 6.45) is 12.2. The topological polar surface area (TPSA) is 74.8 Å². The third-order valence-corrected chi connectivity index (χ3v) is 4.88. The third kappa shape index (κ3) is 3.11. The second-order valence-electron chi connectivity index (χ2n) is 6.57. The van der Waals surface area contributed by atoms with Gasteiger partial charge in [0.2, 0.25) is 0 Å². The Morgan fingerprint density at radius 3 is 2.74 bits per heavy atom. The molecule has 1 amide bonds. The first-order chi connectivity index (χ1) is 11.3. The Morgan fingerprint density at radius 1 is 1.22 bits per heavy atom. The van der Waals surface area contributed by atoms with Gasteiger partial charge in [0.25, 0.3) is 5.91 Å². The number of hydrogen-bond donors (Lipinski definition) is 1. The molecule has 1 saturated heterocycles. The largest absolute Gasteiger partial charge is 0.349 e. The van der Waals surface area contributed by atoms with Crippen molar-refractivity contribution in [2.24, 2.45) is 5.92 Å². The molecule has 120 valence electrons. The minimum atomic E-state index is 0.101. The van der Waals surface area contributed by atoms with Crippen molar-refractivity contribution in [1.29, 1.82) is 0 Å². The molecule has 2 fully saturated rings. The lowest BCUT2D eigenvalue weighted by atomic mass is 9.93. The van der Waals surface area contributed by atoms with Crippen molar-refractivity contribution in [2.75, 3.05) is 13.1 Å². The van der Waals surface area contributed by atoms with E-state index in [1.54, 1.807) is 18.7 Å². The molecule has 1 aliphatic heterocycles. The fourth-order valence-corrected chi connectivity index (χ4v) is 3.38. The summed E-state index contributed by atoms with van der Waals surface area (Å²) in [5.41, 5.74) is 1.65. The van der Waals surface area contributed by atoms with Gasteiger partial charge in [-0.15, -0.1) is 0 Å². The minimum absolute atomic E-state index is 0.101. The first-order valence-corrected chi connectivity index (χ1v) is 8.38. The van der Waals surface area contributed by atoms with Crippen LogP contribution >= 0.6 is 0 Å². The van der Waals surface area contributed by atoms with Crippen LogP contribution < -0.4 is 0 Å². The summed E-state index contributed by atoms with van der Waals surface area (Å²) in [4.78, 5) is 30.6. The number of carbonyl (C=O) groups is 1. The van der Waals surface area contributed by atoms with Crippen molar-refractivity contribution in [3.05, 3.63) is 42.0 Å². The van der Waals surface area contributed by atoms with Gasteiger partial charge in [-0.3, -0.25) is 4.79 Å². The second kappa shape index (κ2) is 6.10. The fraction of sp³-hybridized carbons (Fsp3) is 0.529. The third-order valence-electron chi connectivity index (χ3n) is 4.88. The van der Waals surface area contributed by atoms with E-state index < -0.39 is 0 Å². The first-order valence-electron chi connectivity index (χ1n) is 8.38. The molecule has 2 aromatic rings. The average molecular weight is 311 g/mol. The van der Waals surface area contributed by atoms with Crippen LogP contribution in [-0.2, 0) is 6.42 Å². The monoisotopic (exact) mass is 311 g/mol. The minimum Gasteiger partial charge on any atom is -0.349 e. The Bertz CT molecular complexity index is 672. The first kappa shape index (κ1) is 14.4. The molecule has 0 aromatic carbocycles. The highest BCUT2D eigenvalue weighted by atomic mass is 16.2. The number of nitrogens with zero attached hydrogens (tertiary/aromatic N) is 4. The number of likely N-dealkylation sites (tertiary alicyclic amines) is 1. The predicted octanol–water partition coefficient (Wildman–Crippen LogP) is 2.17. The number of imidazole rings is 1. The van der Waals surface area contributed by atoms with Crippen LogP contribution in [0.5, 0.6) is 0 Å². The molecule has 2 aliphatic rings. The molecule has 0 bridgehead atoms. The highest BCUT2D eigenvalue weighted by molar-refractivity contribution is 5.95. The molecule has 0 atom stereocenters. The number of rotatable bonds is 4. The Balaban J connectivity index is 1.39. The molecule has 3 heterocycles. The summed E-state index contributed by atoms with van der Waals surface area (Å²) >= 11 is 0. The van der Waals surface area contributed by atoms with E-state index in [2.05, 4.69) is 19.9 Å². The van der Waals surface area contributed by atoms with E-state index >= 15 is 0 Å². The molecule has 1 N–H and O–H groups in total. The number of aromatic nitrogens is 4. The number of hydrogen-bond acceptors (Lipinski definition) is 4. The van der Waals surface area contributed by atoms with Crippen LogP contribution in [0.4, 0.5) is 0 Å². The molecule has 23 heavy (non-hydrogen) atoms. The Hall–Kier alpha value is -2.24. The molecule has 1 saturated carbocycles. The van der Waals surface area contributed by atoms with Crippen molar-refractivity contribution in [2.45, 2.75) is 38.0 Å². The van der Waals surface area contributed by atoms with Crippen LogP contribution in [0.3, 0.4) is 0 Å². The van der Waals surface area contributed by atoms with Gasteiger partial charge in [0, 0.05) is 44.0 Å². The molecule has 6 heteroatoms. The average Bonchev–Trinajstić information content (AvgIpc) is 3.32. The highest BCUT2D eigenvalue weighted by Crippen LogP contribution is 2.40. The van der Waals surface area contributed by atoms with Crippen LogP contribution in [0.2, 0.25) is 0 Å². The maximum absolute atomic E-state index is 12.8. The molecular formula is C17H21N5O. The number of H-pyrrole nitrogens is 1. The number of amides is 1. The SMILES string of the molecule is O=C(c1cncnc1C1CC1)N1CCC(Cc2ncc[nH]2)CC1. The van der Waals surface area contributed by atoms with E-state index in [9.17, 15) is 4.79 Å². The molecular weight excluding hydrogens is 290 g/mol. The van der Waals surface area contributed by atoms with Gasteiger partial charge in [-0.05, 0) is 31.6 Å². The van der Waals surface area contributed by atoms with E-state index in [-0.39, 0.29) is 5.91 Å². The Labute approximate surface area is 135 Å². The van der Waals surface area contributed by atoms with Crippen LogP contribution in [-0.4, -0.2) is 43.8 Å². The van der Waals surface area contributed by atoms with Crippen LogP contribution in [0, 0.1) is 5.92 Å². The maximum atomic E-state index is 12.8. The van der Waals surface area contributed by atoms with E-state index in [4.69, 9.17) is 0 Å². The summed E-state index contributed by atoms with van der Waals surface area (Å²) in [5.74, 6) is 2.21. The molecule has 0 radical (unpaired) electrons. The number of nitrogens with one attached hydrogen (secondary N) is 1. The predicted molar refractivity (Wildman–Crippen MR) is 84.9 cm³/mol. The number of aromatic amines is 1. The maximum Gasteiger partial charge on any atom is 0.257 e. The summed E-state index contributed by atoms with van der Waals surface area (Å²) in [6.45, 7) is 1.62. The van der Waals surface area contributed by atoms with Gasteiger partial charge in [0.15, 0.2) is 0 Å². The van der Waals surface area contributed by atoms with Gasteiger partial charge in [-0.2, -0.15) is 0 Å². The van der Waals surface area contributed by atoms with Crippen LogP contribution in [0.25, 0.3) is 0 Å². The summed E-state index contributed by atoms with van der Waals surface area (Å²) in [7, 11) is 0. The Kier molecular flexibility index (Phi) is 3.81. The normalized spacial score (nSPS) is 19.0. The van der Waals surface area contributed by atoms with Gasteiger partial charge in [-0.25, -0.2) is 15.0 Å². The molecule has 4 rings (SSSR count). The quantitative estimate of drug-likeness (QED) is 0.939. The molecule has 0 unspecified atom stereocenters. The standard InChI is InChI=1S/C17H21N5O/c23-17(14-10-18-11-21-16(14)13-1-2-13)22-7-3-12(4-8-22)9-15-19-5-6-20-15/h5-6,10-13H,1-4,7-9H2,(H,19,20). The fourth-order valence-electron chi connectivity index (χ4n) is 3.38.